The number of thioether (sulfide) groups is 1. The maximum atomic E-state index is 6.01. The van der Waals surface area contributed by atoms with Gasteiger partial charge in [0.05, 0.1) is 10.7 Å². The molecule has 0 aliphatic rings. The van der Waals surface area contributed by atoms with E-state index in [1.165, 1.54) is 11.1 Å². The number of hydrogen-bond acceptors (Lipinski definition) is 2. The lowest BCUT2D eigenvalue weighted by molar-refractivity contribution is 0.866. The molecule has 0 spiro atoms. The zero-order valence-corrected chi connectivity index (χ0v) is 12.8. The summed E-state index contributed by atoms with van der Waals surface area (Å²) in [7, 11) is 0. The molecular weight excluding hydrogens is 274 g/mol. The Bertz CT molecular complexity index is 549. The standard InChI is InChI=1S/C16H18ClNS/c1-11(2)13-5-3-12(4-6-13)10-19-14-7-8-16(18)15(17)9-14/h3-9,11H,10,18H2,1-2H3. The molecule has 0 heterocycles. The lowest BCUT2D eigenvalue weighted by Crippen LogP contribution is -1.88. The van der Waals surface area contributed by atoms with Crippen molar-refractivity contribution < 1.29 is 0 Å². The zero-order chi connectivity index (χ0) is 13.8. The number of nitrogen functional groups attached to an aromatic ring is 1. The third-order valence-corrected chi connectivity index (χ3v) is 4.42. The van der Waals surface area contributed by atoms with Crippen molar-refractivity contribution in [3.05, 3.63) is 58.6 Å². The van der Waals surface area contributed by atoms with Crippen LogP contribution in [0.3, 0.4) is 0 Å². The summed E-state index contributed by atoms with van der Waals surface area (Å²) in [5.41, 5.74) is 9.03. The minimum absolute atomic E-state index is 0.581. The summed E-state index contributed by atoms with van der Waals surface area (Å²) < 4.78 is 0. The van der Waals surface area contributed by atoms with E-state index in [9.17, 15) is 0 Å². The normalized spacial score (nSPS) is 10.9. The van der Waals surface area contributed by atoms with Gasteiger partial charge in [-0.05, 0) is 35.2 Å². The molecule has 2 N–H and O–H groups in total. The van der Waals surface area contributed by atoms with E-state index in [0.717, 1.165) is 10.6 Å². The molecule has 0 aromatic heterocycles. The van der Waals surface area contributed by atoms with Crippen LogP contribution in [0, 0.1) is 0 Å². The molecule has 0 unspecified atom stereocenters. The summed E-state index contributed by atoms with van der Waals surface area (Å²) in [4.78, 5) is 1.15. The van der Waals surface area contributed by atoms with Gasteiger partial charge in [-0.3, -0.25) is 0 Å². The summed E-state index contributed by atoms with van der Waals surface area (Å²) in [5.74, 6) is 1.52. The van der Waals surface area contributed by atoms with E-state index in [-0.39, 0.29) is 0 Å². The molecule has 3 heteroatoms. The van der Waals surface area contributed by atoms with Gasteiger partial charge in [0.2, 0.25) is 0 Å². The Morgan fingerprint density at radius 2 is 1.79 bits per heavy atom. The summed E-state index contributed by atoms with van der Waals surface area (Å²) in [5, 5.41) is 0.625. The van der Waals surface area contributed by atoms with Crippen molar-refractivity contribution >= 4 is 29.1 Å². The van der Waals surface area contributed by atoms with Crippen molar-refractivity contribution in [3.8, 4) is 0 Å². The molecule has 2 aromatic carbocycles. The van der Waals surface area contributed by atoms with Crippen molar-refractivity contribution in [2.45, 2.75) is 30.4 Å². The molecule has 0 amide bonds. The molecule has 1 nitrogen and oxygen atoms in total. The predicted octanol–water partition coefficient (Wildman–Crippen LogP) is 5.34. The summed E-state index contributed by atoms with van der Waals surface area (Å²) >= 11 is 7.78. The van der Waals surface area contributed by atoms with Gasteiger partial charge in [0, 0.05) is 10.6 Å². The van der Waals surface area contributed by atoms with Crippen molar-refractivity contribution in [1.29, 1.82) is 0 Å². The van der Waals surface area contributed by atoms with Gasteiger partial charge in [-0.25, -0.2) is 0 Å². The van der Waals surface area contributed by atoms with Crippen LogP contribution >= 0.6 is 23.4 Å². The topological polar surface area (TPSA) is 26.0 Å². The first-order valence-electron chi connectivity index (χ1n) is 6.33. The Kier molecular flexibility index (Phi) is 4.78. The number of rotatable bonds is 4. The lowest BCUT2D eigenvalue weighted by Gasteiger charge is -2.07. The van der Waals surface area contributed by atoms with Crippen LogP contribution in [0.15, 0.2) is 47.4 Å². The average Bonchev–Trinajstić information content (AvgIpc) is 2.40. The Labute approximate surface area is 124 Å². The molecule has 0 radical (unpaired) electrons. The highest BCUT2D eigenvalue weighted by Gasteiger charge is 2.02. The van der Waals surface area contributed by atoms with Gasteiger partial charge in [-0.2, -0.15) is 0 Å². The van der Waals surface area contributed by atoms with Crippen molar-refractivity contribution in [3.63, 3.8) is 0 Å². The lowest BCUT2D eigenvalue weighted by atomic mass is 10.0. The van der Waals surface area contributed by atoms with E-state index >= 15 is 0 Å². The summed E-state index contributed by atoms with van der Waals surface area (Å²) in [6, 6.07) is 14.6. The number of benzene rings is 2. The second kappa shape index (κ2) is 6.36. The fourth-order valence-electron chi connectivity index (χ4n) is 1.76. The van der Waals surface area contributed by atoms with Crippen molar-refractivity contribution in [1.82, 2.24) is 0 Å². The Hall–Kier alpha value is -1.12. The van der Waals surface area contributed by atoms with E-state index in [1.807, 2.05) is 18.2 Å². The SMILES string of the molecule is CC(C)c1ccc(CSc2ccc(N)c(Cl)c2)cc1. The maximum absolute atomic E-state index is 6.01. The molecule has 2 rings (SSSR count). The molecule has 0 saturated carbocycles. The highest BCUT2D eigenvalue weighted by atomic mass is 35.5. The average molecular weight is 292 g/mol. The molecule has 0 aliphatic heterocycles. The summed E-state index contributed by atoms with van der Waals surface area (Å²) in [6.45, 7) is 4.42. The van der Waals surface area contributed by atoms with Gasteiger partial charge >= 0.3 is 0 Å². The monoisotopic (exact) mass is 291 g/mol. The van der Waals surface area contributed by atoms with Crippen LogP contribution in [0.2, 0.25) is 5.02 Å². The van der Waals surface area contributed by atoms with Crippen LogP contribution in [0.5, 0.6) is 0 Å². The highest BCUT2D eigenvalue weighted by Crippen LogP contribution is 2.28. The quantitative estimate of drug-likeness (QED) is 0.608. The molecule has 0 atom stereocenters. The van der Waals surface area contributed by atoms with Gasteiger partial charge in [0.1, 0.15) is 0 Å². The highest BCUT2D eigenvalue weighted by molar-refractivity contribution is 7.98. The van der Waals surface area contributed by atoms with Crippen LogP contribution in [0.25, 0.3) is 0 Å². The Morgan fingerprint density at radius 3 is 2.37 bits per heavy atom. The second-order valence-electron chi connectivity index (χ2n) is 4.87. The summed E-state index contributed by atoms with van der Waals surface area (Å²) in [6.07, 6.45) is 0. The minimum atomic E-state index is 0.581. The third kappa shape index (κ3) is 3.92. The first-order chi connectivity index (χ1) is 9.06. The maximum Gasteiger partial charge on any atom is 0.0646 e. The number of halogens is 1. The van der Waals surface area contributed by atoms with E-state index in [4.69, 9.17) is 17.3 Å². The largest absolute Gasteiger partial charge is 0.398 e. The van der Waals surface area contributed by atoms with Gasteiger partial charge < -0.3 is 5.73 Å². The van der Waals surface area contributed by atoms with Gasteiger partial charge in [0.25, 0.3) is 0 Å². The van der Waals surface area contributed by atoms with E-state index < -0.39 is 0 Å². The smallest absolute Gasteiger partial charge is 0.0646 e. The molecule has 100 valence electrons. The predicted molar refractivity (Wildman–Crippen MR) is 86.0 cm³/mol. The second-order valence-corrected chi connectivity index (χ2v) is 6.32. The van der Waals surface area contributed by atoms with Crippen molar-refractivity contribution in [2.24, 2.45) is 0 Å². The fourth-order valence-corrected chi connectivity index (χ4v) is 2.90. The van der Waals surface area contributed by atoms with Crippen LogP contribution in [-0.2, 0) is 5.75 Å². The van der Waals surface area contributed by atoms with Crippen LogP contribution in [0.4, 0.5) is 5.69 Å². The molecular formula is C16H18ClNS. The number of nitrogens with two attached hydrogens (primary N) is 1. The van der Waals surface area contributed by atoms with Gasteiger partial charge in [-0.1, -0.05) is 49.7 Å². The number of hydrogen-bond donors (Lipinski definition) is 1. The van der Waals surface area contributed by atoms with Crippen LogP contribution in [-0.4, -0.2) is 0 Å². The van der Waals surface area contributed by atoms with Crippen LogP contribution in [0.1, 0.15) is 30.9 Å². The van der Waals surface area contributed by atoms with E-state index in [2.05, 4.69) is 38.1 Å². The minimum Gasteiger partial charge on any atom is -0.398 e. The Morgan fingerprint density at radius 1 is 1.11 bits per heavy atom. The molecule has 2 aromatic rings. The first kappa shape index (κ1) is 14.3. The molecule has 0 aliphatic carbocycles. The Balaban J connectivity index is 2.00. The zero-order valence-electron chi connectivity index (χ0n) is 11.2. The third-order valence-electron chi connectivity index (χ3n) is 3.02. The fraction of sp³-hybridized carbons (Fsp3) is 0.250. The van der Waals surface area contributed by atoms with E-state index in [1.54, 1.807) is 11.8 Å². The van der Waals surface area contributed by atoms with Crippen LogP contribution < -0.4 is 5.73 Å². The molecule has 19 heavy (non-hydrogen) atoms. The van der Waals surface area contributed by atoms with Gasteiger partial charge in [-0.15, -0.1) is 11.8 Å². The van der Waals surface area contributed by atoms with Gasteiger partial charge in [0.15, 0.2) is 0 Å². The molecule has 0 bridgehead atoms. The van der Waals surface area contributed by atoms with Crippen molar-refractivity contribution in [2.75, 3.05) is 5.73 Å². The van der Waals surface area contributed by atoms with E-state index in [0.29, 0.717) is 16.6 Å². The first-order valence-corrected chi connectivity index (χ1v) is 7.69. The molecule has 0 fully saturated rings. The number of anilines is 1. The molecule has 0 saturated heterocycles.